The minimum Gasteiger partial charge on any atom is -0.114 e. The van der Waals surface area contributed by atoms with Crippen LogP contribution in [0.15, 0.2) is 41.3 Å². The monoisotopic (exact) mass is 210 g/mol. The first-order chi connectivity index (χ1) is 7.49. The van der Waals surface area contributed by atoms with Crippen LogP contribution in [-0.2, 0) is 5.21 Å². The molecular weight excluding hydrogens is 190 g/mol. The van der Waals surface area contributed by atoms with Crippen LogP contribution in [0, 0.1) is 0 Å². The molecule has 1 aliphatic rings. The van der Waals surface area contributed by atoms with E-state index < -0.39 is 0 Å². The van der Waals surface area contributed by atoms with E-state index in [1.165, 1.54) is 5.56 Å². The van der Waals surface area contributed by atoms with Crippen LogP contribution in [0.3, 0.4) is 0 Å². The Morgan fingerprint density at radius 2 is 1.31 bits per heavy atom. The molecule has 0 amide bonds. The summed E-state index contributed by atoms with van der Waals surface area (Å²) in [6, 6.07) is 11.0. The molecule has 0 aromatic heterocycles. The number of allylic oxidation sites excluding steroid dienone is 2. The first-order valence-electron chi connectivity index (χ1n) is 6.22. The second-order valence-corrected chi connectivity index (χ2v) is 5.46. The Bertz CT molecular complexity index is 402. The highest BCUT2D eigenvalue weighted by Gasteiger charge is 2.48. The Morgan fingerprint density at radius 3 is 1.75 bits per heavy atom. The van der Waals surface area contributed by atoms with Crippen LogP contribution < -0.4 is 0 Å². The Kier molecular flexibility index (Phi) is 2.77. The molecule has 0 bridgehead atoms. The fourth-order valence-corrected chi connectivity index (χ4v) is 3.25. The minimum absolute atomic E-state index is 0.273. The number of benzene rings is 1. The fourth-order valence-electron chi connectivity index (χ4n) is 3.25. The molecule has 0 fully saturated rings. The molecule has 16 heavy (non-hydrogen) atoms. The van der Waals surface area contributed by atoms with Crippen LogP contribution in [0.1, 0.15) is 26.3 Å². The van der Waals surface area contributed by atoms with Gasteiger partial charge in [-0.05, 0) is 5.21 Å². The van der Waals surface area contributed by atoms with E-state index in [1.54, 1.807) is 10.9 Å². The Labute approximate surface area is 100 Å². The third kappa shape index (κ3) is 1.39. The van der Waals surface area contributed by atoms with Crippen molar-refractivity contribution < 1.29 is 0 Å². The predicted octanol–water partition coefficient (Wildman–Crippen LogP) is 3.70. The molecule has 0 saturated heterocycles. The number of hydrogen-bond donors (Lipinski definition) is 0. The van der Waals surface area contributed by atoms with E-state index in [0.29, 0.717) is 13.4 Å². The van der Waals surface area contributed by atoms with Gasteiger partial charge in [0.25, 0.3) is 0 Å². The molecule has 82 valence electrons. The van der Waals surface area contributed by atoms with Crippen molar-refractivity contribution in [1.82, 2.24) is 0 Å². The third-order valence-electron chi connectivity index (χ3n) is 5.12. The van der Waals surface area contributed by atoms with Crippen molar-refractivity contribution in [2.75, 3.05) is 0 Å². The van der Waals surface area contributed by atoms with Crippen molar-refractivity contribution in [2.45, 2.75) is 39.6 Å². The smallest absolute Gasteiger partial charge is 0.114 e. The van der Waals surface area contributed by atoms with E-state index in [0.717, 1.165) is 0 Å². The molecule has 0 aliphatic carbocycles. The Hall–Kier alpha value is -0.910. The lowest BCUT2D eigenvalue weighted by Gasteiger charge is -2.33. The summed E-state index contributed by atoms with van der Waals surface area (Å²) in [5.41, 5.74) is 4.64. The molecule has 0 N–H and O–H groups in total. The fraction of sp³-hybridized carbons (Fsp3) is 0.429. The lowest BCUT2D eigenvalue weighted by molar-refractivity contribution is 0.920. The van der Waals surface area contributed by atoms with Crippen LogP contribution in [0.4, 0.5) is 0 Å². The average molecular weight is 210 g/mol. The van der Waals surface area contributed by atoms with Crippen molar-refractivity contribution in [3.63, 3.8) is 0 Å². The van der Waals surface area contributed by atoms with Gasteiger partial charge in [0.1, 0.15) is 0 Å². The second-order valence-electron chi connectivity index (χ2n) is 5.46. The summed E-state index contributed by atoms with van der Waals surface area (Å²) in [6.07, 6.45) is 0. The number of hydrogen-bond acceptors (Lipinski definition) is 0. The first-order valence-corrected chi connectivity index (χ1v) is 6.22. The quantitative estimate of drug-likeness (QED) is 0.619. The van der Waals surface area contributed by atoms with Crippen molar-refractivity contribution in [3.8, 4) is 0 Å². The summed E-state index contributed by atoms with van der Waals surface area (Å²) in [5.74, 6) is 0. The van der Waals surface area contributed by atoms with Gasteiger partial charge in [-0.15, -0.1) is 10.9 Å². The van der Waals surface area contributed by atoms with Gasteiger partial charge >= 0.3 is 0 Å². The van der Waals surface area contributed by atoms with Gasteiger partial charge in [-0.2, -0.15) is 0 Å². The largest absolute Gasteiger partial charge is 0.169 e. The normalized spacial score (nSPS) is 19.6. The third-order valence-corrected chi connectivity index (χ3v) is 5.12. The first kappa shape index (κ1) is 11.6. The summed E-state index contributed by atoms with van der Waals surface area (Å²) in [6.45, 7) is 13.0. The highest BCUT2D eigenvalue weighted by molar-refractivity contribution is 6.93. The summed E-state index contributed by atoms with van der Waals surface area (Å²) in [5, 5.41) is 0.273. The molecule has 2 rings (SSSR count). The highest BCUT2D eigenvalue weighted by atomic mass is 14.2. The maximum atomic E-state index is 2.41. The van der Waals surface area contributed by atoms with E-state index in [4.69, 9.17) is 0 Å². The van der Waals surface area contributed by atoms with Gasteiger partial charge < -0.3 is 0 Å². The van der Waals surface area contributed by atoms with Crippen LogP contribution in [0.2, 0.25) is 13.6 Å². The molecule has 0 saturated carbocycles. The van der Waals surface area contributed by atoms with E-state index in [-0.39, 0.29) is 5.21 Å². The van der Waals surface area contributed by atoms with E-state index in [9.17, 15) is 0 Å². The van der Waals surface area contributed by atoms with Gasteiger partial charge in [0.15, 0.2) is 13.4 Å². The van der Waals surface area contributed by atoms with E-state index in [1.807, 2.05) is 0 Å². The molecule has 0 spiro atoms. The molecule has 0 unspecified atom stereocenters. The van der Waals surface area contributed by atoms with E-state index >= 15 is 0 Å². The molecule has 0 nitrogen and oxygen atoms in total. The SMILES string of the molecule is CB1C(C)=C(C)B(C)C1(C)c1ccccc1. The molecule has 0 radical (unpaired) electrons. The topological polar surface area (TPSA) is 0 Å². The second kappa shape index (κ2) is 3.84. The average Bonchev–Trinajstić information content (AvgIpc) is 2.47. The van der Waals surface area contributed by atoms with Crippen LogP contribution in [0.25, 0.3) is 0 Å². The predicted molar refractivity (Wildman–Crippen MR) is 75.4 cm³/mol. The standard InChI is InChI=1S/C14H20B2/c1-11-12(2)16(5)14(3,15(11)4)13-9-7-6-8-10-13/h6-10H,1-5H3. The van der Waals surface area contributed by atoms with Gasteiger partial charge in [0.05, 0.1) is 0 Å². The maximum Gasteiger partial charge on any atom is 0.169 e. The van der Waals surface area contributed by atoms with Gasteiger partial charge in [-0.25, -0.2) is 0 Å². The number of rotatable bonds is 1. The van der Waals surface area contributed by atoms with Crippen LogP contribution in [0.5, 0.6) is 0 Å². The molecule has 1 aliphatic heterocycles. The molecule has 2 heteroatoms. The molecule has 1 aromatic rings. The molecule has 1 aromatic carbocycles. The zero-order valence-electron chi connectivity index (χ0n) is 11.0. The molecule has 0 atom stereocenters. The summed E-state index contributed by atoms with van der Waals surface area (Å²) >= 11 is 0. The van der Waals surface area contributed by atoms with Crippen molar-refractivity contribution in [3.05, 3.63) is 46.8 Å². The minimum atomic E-state index is 0.273. The highest BCUT2D eigenvalue weighted by Crippen LogP contribution is 2.41. The zero-order chi connectivity index (χ0) is 11.9. The maximum absolute atomic E-state index is 2.41. The van der Waals surface area contributed by atoms with Crippen LogP contribution in [-0.4, -0.2) is 13.4 Å². The molecular formula is C14H20B2. The van der Waals surface area contributed by atoms with Gasteiger partial charge in [0.2, 0.25) is 0 Å². The summed E-state index contributed by atoms with van der Waals surface area (Å²) < 4.78 is 0. The van der Waals surface area contributed by atoms with Crippen molar-refractivity contribution in [1.29, 1.82) is 0 Å². The van der Waals surface area contributed by atoms with E-state index in [2.05, 4.69) is 64.7 Å². The lowest BCUT2D eigenvalue weighted by Crippen LogP contribution is -2.45. The molecule has 1 heterocycles. The summed E-state index contributed by atoms with van der Waals surface area (Å²) in [7, 11) is 0. The van der Waals surface area contributed by atoms with Crippen molar-refractivity contribution >= 4 is 13.4 Å². The Morgan fingerprint density at radius 1 is 0.875 bits per heavy atom. The Balaban J connectivity index is 2.50. The summed E-state index contributed by atoms with van der Waals surface area (Å²) in [4.78, 5) is 0. The van der Waals surface area contributed by atoms with Crippen LogP contribution >= 0.6 is 0 Å². The van der Waals surface area contributed by atoms with Gasteiger partial charge in [0, 0.05) is 0 Å². The van der Waals surface area contributed by atoms with Crippen molar-refractivity contribution in [2.24, 2.45) is 0 Å². The van der Waals surface area contributed by atoms with Gasteiger partial charge in [-0.3, -0.25) is 0 Å². The lowest BCUT2D eigenvalue weighted by atomic mass is 9.17. The van der Waals surface area contributed by atoms with Gasteiger partial charge in [-0.1, -0.05) is 70.3 Å². The zero-order valence-corrected chi connectivity index (χ0v) is 11.0.